The van der Waals surface area contributed by atoms with Crippen molar-refractivity contribution < 1.29 is 14.6 Å². The van der Waals surface area contributed by atoms with Gasteiger partial charge in [0.1, 0.15) is 17.4 Å². The van der Waals surface area contributed by atoms with Crippen molar-refractivity contribution in [2.75, 3.05) is 33.4 Å². The number of fused-ring (bicyclic) bond motifs is 1. The highest BCUT2D eigenvalue weighted by molar-refractivity contribution is 5.87. The van der Waals surface area contributed by atoms with E-state index in [1.54, 1.807) is 20.2 Å². The topological polar surface area (TPSA) is 92.9 Å². The molecular formula is C16H25N5O3. The summed E-state index contributed by atoms with van der Waals surface area (Å²) in [6.45, 7) is 4.80. The van der Waals surface area contributed by atoms with Crippen LogP contribution in [0.5, 0.6) is 0 Å². The van der Waals surface area contributed by atoms with Gasteiger partial charge < -0.3 is 25.2 Å². The molecule has 3 aliphatic heterocycles. The van der Waals surface area contributed by atoms with Crippen molar-refractivity contribution in [1.82, 2.24) is 20.3 Å². The number of methoxy groups -OCH3 is 1. The molecule has 1 aromatic rings. The maximum absolute atomic E-state index is 10.9. The lowest BCUT2D eigenvalue weighted by Gasteiger charge is -2.34. The molecule has 24 heavy (non-hydrogen) atoms. The maximum atomic E-state index is 10.9. The van der Waals surface area contributed by atoms with Crippen LogP contribution in [0.1, 0.15) is 37.2 Å². The van der Waals surface area contributed by atoms with E-state index < -0.39 is 5.72 Å². The minimum absolute atomic E-state index is 0.0450. The molecule has 4 rings (SSSR count). The van der Waals surface area contributed by atoms with E-state index in [0.29, 0.717) is 11.6 Å². The van der Waals surface area contributed by atoms with Gasteiger partial charge in [0, 0.05) is 39.3 Å². The van der Waals surface area contributed by atoms with Gasteiger partial charge in [0.2, 0.25) is 0 Å². The summed E-state index contributed by atoms with van der Waals surface area (Å²) in [4.78, 5) is 4.57. The predicted molar refractivity (Wildman–Crippen MR) is 87.7 cm³/mol. The molecule has 0 aromatic carbocycles. The second-order valence-electron chi connectivity index (χ2n) is 6.92. The Morgan fingerprint density at radius 2 is 2.17 bits per heavy atom. The van der Waals surface area contributed by atoms with Gasteiger partial charge in [-0.15, -0.1) is 0 Å². The number of amidine groups is 1. The van der Waals surface area contributed by atoms with E-state index in [4.69, 9.17) is 14.6 Å². The highest BCUT2D eigenvalue weighted by Gasteiger charge is 2.41. The van der Waals surface area contributed by atoms with Crippen molar-refractivity contribution in [3.8, 4) is 0 Å². The smallest absolute Gasteiger partial charge is 0.178 e. The lowest BCUT2D eigenvalue weighted by molar-refractivity contribution is 0.0238. The van der Waals surface area contributed by atoms with Crippen molar-refractivity contribution >= 4 is 5.84 Å². The normalized spacial score (nSPS) is 33.9. The number of hydrogen-bond donors (Lipinski definition) is 3. The van der Waals surface area contributed by atoms with Crippen LogP contribution in [-0.2, 0) is 15.2 Å². The monoisotopic (exact) mass is 335 g/mol. The second-order valence-corrected chi connectivity index (χ2v) is 6.92. The van der Waals surface area contributed by atoms with Crippen molar-refractivity contribution in [3.63, 3.8) is 0 Å². The summed E-state index contributed by atoms with van der Waals surface area (Å²) in [5.41, 5.74) is -0.526. The summed E-state index contributed by atoms with van der Waals surface area (Å²) in [7, 11) is 1.71. The van der Waals surface area contributed by atoms with Crippen molar-refractivity contribution in [3.05, 3.63) is 17.7 Å². The van der Waals surface area contributed by atoms with Crippen LogP contribution >= 0.6 is 0 Å². The van der Waals surface area contributed by atoms with Gasteiger partial charge in [-0.25, -0.2) is 9.66 Å². The standard InChI is InChI=1S/C16H25N5O3/c1-16(22)13-9-18-15(10-3-5-24-6-4-10)21(13)20-14(19-16)11-7-17-8-12(11)23-2/h9-12,17,22H,3-8H2,1-2H3,(H,19,20). The number of nitrogens with one attached hydrogen (secondary N) is 2. The number of hydrogen-bond acceptors (Lipinski definition) is 7. The first kappa shape index (κ1) is 16.0. The van der Waals surface area contributed by atoms with Gasteiger partial charge in [0.15, 0.2) is 5.72 Å². The lowest BCUT2D eigenvalue weighted by Crippen LogP contribution is -2.52. The average Bonchev–Trinajstić information content (AvgIpc) is 3.22. The van der Waals surface area contributed by atoms with E-state index in [-0.39, 0.29) is 12.0 Å². The number of ether oxygens (including phenoxy) is 2. The van der Waals surface area contributed by atoms with Gasteiger partial charge >= 0.3 is 0 Å². The molecule has 0 radical (unpaired) electrons. The molecule has 0 bridgehead atoms. The third kappa shape index (κ3) is 2.63. The zero-order valence-electron chi connectivity index (χ0n) is 14.2. The minimum atomic E-state index is -1.20. The van der Waals surface area contributed by atoms with Gasteiger partial charge in [-0.2, -0.15) is 5.10 Å². The van der Waals surface area contributed by atoms with Crippen molar-refractivity contribution in [1.29, 1.82) is 0 Å². The second kappa shape index (κ2) is 6.11. The highest BCUT2D eigenvalue weighted by Crippen LogP contribution is 2.32. The fourth-order valence-electron chi connectivity index (χ4n) is 3.82. The number of rotatable bonds is 3. The van der Waals surface area contributed by atoms with Crippen LogP contribution in [0, 0.1) is 5.92 Å². The van der Waals surface area contributed by atoms with E-state index in [1.807, 2.05) is 4.68 Å². The molecule has 0 saturated carbocycles. The van der Waals surface area contributed by atoms with Gasteiger partial charge in [-0.3, -0.25) is 0 Å². The average molecular weight is 335 g/mol. The van der Waals surface area contributed by atoms with Crippen LogP contribution in [0.3, 0.4) is 0 Å². The molecule has 0 aliphatic carbocycles. The van der Waals surface area contributed by atoms with E-state index in [0.717, 1.165) is 50.8 Å². The summed E-state index contributed by atoms with van der Waals surface area (Å²) in [6.07, 6.45) is 3.63. The summed E-state index contributed by atoms with van der Waals surface area (Å²) in [5, 5.41) is 22.2. The third-order valence-electron chi connectivity index (χ3n) is 5.24. The number of aliphatic hydroxyl groups is 1. The summed E-state index contributed by atoms with van der Waals surface area (Å²) < 4.78 is 12.8. The zero-order valence-corrected chi connectivity index (χ0v) is 14.2. The van der Waals surface area contributed by atoms with Crippen molar-refractivity contribution in [2.45, 2.75) is 37.5 Å². The SMILES string of the molecule is COC1CNCC1C1=Nn2c(cnc2C2CCOCC2)C(C)(O)N1. The van der Waals surface area contributed by atoms with E-state index in [2.05, 4.69) is 15.6 Å². The predicted octanol–water partition coefficient (Wildman–Crippen LogP) is -0.0587. The third-order valence-corrected chi connectivity index (χ3v) is 5.24. The molecule has 4 heterocycles. The number of imidazole rings is 1. The Morgan fingerprint density at radius 3 is 2.92 bits per heavy atom. The molecule has 3 N–H and O–H groups in total. The maximum Gasteiger partial charge on any atom is 0.178 e. The van der Waals surface area contributed by atoms with E-state index >= 15 is 0 Å². The molecule has 0 amide bonds. The summed E-state index contributed by atoms with van der Waals surface area (Å²) in [5.74, 6) is 2.05. The molecule has 0 spiro atoms. The fourth-order valence-corrected chi connectivity index (χ4v) is 3.82. The first-order valence-corrected chi connectivity index (χ1v) is 8.59. The Labute approximate surface area is 141 Å². The lowest BCUT2D eigenvalue weighted by atomic mass is 9.99. The van der Waals surface area contributed by atoms with Crippen LogP contribution in [0.2, 0.25) is 0 Å². The Balaban J connectivity index is 1.71. The Morgan fingerprint density at radius 1 is 1.38 bits per heavy atom. The van der Waals surface area contributed by atoms with E-state index in [9.17, 15) is 5.11 Å². The largest absolute Gasteiger partial charge is 0.381 e. The quantitative estimate of drug-likeness (QED) is 0.717. The van der Waals surface area contributed by atoms with Crippen LogP contribution in [0.15, 0.2) is 11.3 Å². The van der Waals surface area contributed by atoms with Crippen LogP contribution in [-0.4, -0.2) is 60.1 Å². The number of aromatic nitrogens is 2. The molecule has 3 atom stereocenters. The molecule has 132 valence electrons. The van der Waals surface area contributed by atoms with Crippen LogP contribution in [0.25, 0.3) is 0 Å². The highest BCUT2D eigenvalue weighted by atomic mass is 16.5. The molecule has 2 fully saturated rings. The van der Waals surface area contributed by atoms with Crippen LogP contribution in [0.4, 0.5) is 0 Å². The van der Waals surface area contributed by atoms with Crippen LogP contribution < -0.4 is 10.6 Å². The minimum Gasteiger partial charge on any atom is -0.381 e. The zero-order chi connectivity index (χ0) is 16.7. The molecule has 3 aliphatic rings. The Kier molecular flexibility index (Phi) is 4.07. The Bertz CT molecular complexity index is 636. The van der Waals surface area contributed by atoms with Crippen molar-refractivity contribution in [2.24, 2.45) is 11.0 Å². The Hall–Kier alpha value is -1.48. The van der Waals surface area contributed by atoms with Gasteiger partial charge in [0.25, 0.3) is 0 Å². The van der Waals surface area contributed by atoms with E-state index in [1.165, 1.54) is 0 Å². The molecule has 2 saturated heterocycles. The molecule has 1 aromatic heterocycles. The molecule has 8 heteroatoms. The fraction of sp³-hybridized carbons (Fsp3) is 0.750. The number of nitrogens with zero attached hydrogens (tertiary/aromatic N) is 3. The van der Waals surface area contributed by atoms with Gasteiger partial charge in [0.05, 0.1) is 18.2 Å². The van der Waals surface area contributed by atoms with Gasteiger partial charge in [-0.1, -0.05) is 0 Å². The summed E-state index contributed by atoms with van der Waals surface area (Å²) in [6, 6.07) is 0. The first-order valence-electron chi connectivity index (χ1n) is 8.59. The first-order chi connectivity index (χ1) is 11.6. The molecule has 8 nitrogen and oxygen atoms in total. The van der Waals surface area contributed by atoms with Gasteiger partial charge in [-0.05, 0) is 19.8 Å². The summed E-state index contributed by atoms with van der Waals surface area (Å²) >= 11 is 0. The molecule has 3 unspecified atom stereocenters. The molecular weight excluding hydrogens is 310 g/mol.